The number of hydrogen-bond donors (Lipinski definition) is 1. The second-order valence-corrected chi connectivity index (χ2v) is 4.72. The Hall–Kier alpha value is -1.07. The topological polar surface area (TPSA) is 23.5 Å². The molecule has 1 rings (SSSR count). The van der Waals surface area contributed by atoms with E-state index in [4.69, 9.17) is 5.11 Å². The number of alkyl halides is 3. The molecule has 0 aliphatic carbocycles. The molecule has 1 aromatic carbocycles. The van der Waals surface area contributed by atoms with Crippen LogP contribution in [-0.2, 0) is 12.7 Å². The highest BCUT2D eigenvalue weighted by Gasteiger charge is 2.29. The molecule has 0 heterocycles. The third-order valence-electron chi connectivity index (χ3n) is 2.93. The van der Waals surface area contributed by atoms with Gasteiger partial charge in [-0.05, 0) is 50.6 Å². The van der Waals surface area contributed by atoms with E-state index >= 15 is 0 Å². The van der Waals surface area contributed by atoms with E-state index in [0.29, 0.717) is 6.54 Å². The SMILES string of the molecule is CN(CCCCCO)Cc1ccc(C(F)(F)F)cc1. The molecule has 0 unspecified atom stereocenters. The normalized spacial score (nSPS) is 12.1. The van der Waals surface area contributed by atoms with Gasteiger partial charge in [-0.2, -0.15) is 13.2 Å². The van der Waals surface area contributed by atoms with Gasteiger partial charge in [0.05, 0.1) is 5.56 Å². The number of rotatable bonds is 7. The van der Waals surface area contributed by atoms with Crippen molar-refractivity contribution < 1.29 is 18.3 Å². The predicted molar refractivity (Wildman–Crippen MR) is 68.7 cm³/mol. The maximum atomic E-state index is 12.4. The van der Waals surface area contributed by atoms with E-state index in [9.17, 15) is 13.2 Å². The molecule has 0 aliphatic heterocycles. The number of hydrogen-bond acceptors (Lipinski definition) is 2. The van der Waals surface area contributed by atoms with Crippen LogP contribution in [0.4, 0.5) is 13.2 Å². The van der Waals surface area contributed by atoms with E-state index in [1.807, 2.05) is 7.05 Å². The maximum absolute atomic E-state index is 12.4. The molecule has 5 heteroatoms. The van der Waals surface area contributed by atoms with Crippen molar-refractivity contribution in [3.63, 3.8) is 0 Å². The number of benzene rings is 1. The predicted octanol–water partition coefficient (Wildman–Crippen LogP) is 3.30. The largest absolute Gasteiger partial charge is 0.416 e. The van der Waals surface area contributed by atoms with Crippen LogP contribution in [0.5, 0.6) is 0 Å². The van der Waals surface area contributed by atoms with Crippen molar-refractivity contribution in [3.05, 3.63) is 35.4 Å². The minimum Gasteiger partial charge on any atom is -0.396 e. The van der Waals surface area contributed by atoms with Crippen molar-refractivity contribution in [3.8, 4) is 0 Å². The van der Waals surface area contributed by atoms with Crippen LogP contribution in [0, 0.1) is 0 Å². The lowest BCUT2D eigenvalue weighted by Crippen LogP contribution is -2.19. The molecule has 0 saturated heterocycles. The first-order valence-electron chi connectivity index (χ1n) is 6.39. The summed E-state index contributed by atoms with van der Waals surface area (Å²) in [7, 11) is 1.94. The van der Waals surface area contributed by atoms with Crippen molar-refractivity contribution in [1.82, 2.24) is 4.90 Å². The molecule has 108 valence electrons. The molecule has 0 spiro atoms. The van der Waals surface area contributed by atoms with Gasteiger partial charge in [0.1, 0.15) is 0 Å². The minimum absolute atomic E-state index is 0.211. The number of aliphatic hydroxyl groups is 1. The Morgan fingerprint density at radius 2 is 1.68 bits per heavy atom. The van der Waals surface area contributed by atoms with Gasteiger partial charge in [0.15, 0.2) is 0 Å². The highest BCUT2D eigenvalue weighted by molar-refractivity contribution is 5.24. The fourth-order valence-electron chi connectivity index (χ4n) is 1.86. The molecule has 2 nitrogen and oxygen atoms in total. The van der Waals surface area contributed by atoms with Crippen molar-refractivity contribution in [2.45, 2.75) is 32.0 Å². The molecular weight excluding hydrogens is 255 g/mol. The summed E-state index contributed by atoms with van der Waals surface area (Å²) in [5, 5.41) is 8.65. The molecule has 0 fully saturated rings. The van der Waals surface area contributed by atoms with E-state index in [1.165, 1.54) is 12.1 Å². The highest BCUT2D eigenvalue weighted by Crippen LogP contribution is 2.29. The van der Waals surface area contributed by atoms with E-state index in [1.54, 1.807) is 0 Å². The first-order valence-corrected chi connectivity index (χ1v) is 6.39. The van der Waals surface area contributed by atoms with Gasteiger partial charge >= 0.3 is 6.18 Å². The summed E-state index contributed by atoms with van der Waals surface area (Å²) in [6, 6.07) is 5.28. The number of aliphatic hydroxyl groups excluding tert-OH is 1. The van der Waals surface area contributed by atoms with Crippen LogP contribution < -0.4 is 0 Å². The summed E-state index contributed by atoms with van der Waals surface area (Å²) in [4.78, 5) is 2.07. The quantitative estimate of drug-likeness (QED) is 0.772. The third kappa shape index (κ3) is 6.07. The van der Waals surface area contributed by atoms with Gasteiger partial charge in [0.25, 0.3) is 0 Å². The first-order chi connectivity index (χ1) is 8.93. The average Bonchev–Trinajstić information content (AvgIpc) is 2.34. The summed E-state index contributed by atoms with van der Waals surface area (Å²) < 4.78 is 37.2. The maximum Gasteiger partial charge on any atom is 0.416 e. The number of halogens is 3. The Bertz CT molecular complexity index is 362. The van der Waals surface area contributed by atoms with E-state index in [0.717, 1.165) is 43.5 Å². The third-order valence-corrected chi connectivity index (χ3v) is 2.93. The van der Waals surface area contributed by atoms with Crippen LogP contribution >= 0.6 is 0 Å². The second kappa shape index (κ2) is 7.50. The van der Waals surface area contributed by atoms with Crippen molar-refractivity contribution in [2.24, 2.45) is 0 Å². The zero-order chi connectivity index (χ0) is 14.3. The second-order valence-electron chi connectivity index (χ2n) is 4.72. The standard InChI is InChI=1S/C14H20F3NO/c1-18(9-3-2-4-10-19)11-12-5-7-13(8-6-12)14(15,16)17/h5-8,19H,2-4,9-11H2,1H3. The van der Waals surface area contributed by atoms with Crippen LogP contribution in [0.3, 0.4) is 0 Å². The molecule has 0 saturated carbocycles. The van der Waals surface area contributed by atoms with E-state index in [-0.39, 0.29) is 6.61 Å². The van der Waals surface area contributed by atoms with E-state index < -0.39 is 11.7 Å². The Balaban J connectivity index is 2.40. The monoisotopic (exact) mass is 275 g/mol. The van der Waals surface area contributed by atoms with E-state index in [2.05, 4.69) is 4.90 Å². The molecule has 1 N–H and O–H groups in total. The number of unbranched alkanes of at least 4 members (excludes halogenated alkanes) is 2. The van der Waals surface area contributed by atoms with Crippen molar-refractivity contribution in [2.75, 3.05) is 20.2 Å². The highest BCUT2D eigenvalue weighted by atomic mass is 19.4. The van der Waals surface area contributed by atoms with Gasteiger partial charge in [0, 0.05) is 13.2 Å². The fourth-order valence-corrected chi connectivity index (χ4v) is 1.86. The summed E-state index contributed by atoms with van der Waals surface area (Å²) in [6.07, 6.45) is -1.52. The molecule has 0 aliphatic rings. The molecule has 1 aromatic rings. The molecule has 0 bridgehead atoms. The Kier molecular flexibility index (Phi) is 6.31. The molecule has 0 atom stereocenters. The lowest BCUT2D eigenvalue weighted by molar-refractivity contribution is -0.137. The average molecular weight is 275 g/mol. The molecule has 0 aromatic heterocycles. The van der Waals surface area contributed by atoms with Gasteiger partial charge in [-0.1, -0.05) is 12.1 Å². The van der Waals surface area contributed by atoms with Gasteiger partial charge in [0.2, 0.25) is 0 Å². The van der Waals surface area contributed by atoms with Crippen molar-refractivity contribution >= 4 is 0 Å². The van der Waals surface area contributed by atoms with Gasteiger partial charge in [-0.3, -0.25) is 0 Å². The zero-order valence-electron chi connectivity index (χ0n) is 11.1. The summed E-state index contributed by atoms with van der Waals surface area (Å²) in [5.41, 5.74) is 0.263. The Morgan fingerprint density at radius 3 is 2.21 bits per heavy atom. The number of nitrogens with zero attached hydrogens (tertiary/aromatic N) is 1. The van der Waals surface area contributed by atoms with Crippen LogP contribution in [0.15, 0.2) is 24.3 Å². The van der Waals surface area contributed by atoms with Crippen LogP contribution in [0.2, 0.25) is 0 Å². The lowest BCUT2D eigenvalue weighted by atomic mass is 10.1. The molecule has 0 radical (unpaired) electrons. The summed E-state index contributed by atoms with van der Waals surface area (Å²) in [6.45, 7) is 1.72. The van der Waals surface area contributed by atoms with Crippen LogP contribution in [0.1, 0.15) is 30.4 Å². The van der Waals surface area contributed by atoms with Gasteiger partial charge in [-0.15, -0.1) is 0 Å². The summed E-state index contributed by atoms with van der Waals surface area (Å²) >= 11 is 0. The molecule has 19 heavy (non-hydrogen) atoms. The Morgan fingerprint density at radius 1 is 1.05 bits per heavy atom. The van der Waals surface area contributed by atoms with Crippen LogP contribution in [-0.4, -0.2) is 30.2 Å². The van der Waals surface area contributed by atoms with Gasteiger partial charge in [-0.25, -0.2) is 0 Å². The minimum atomic E-state index is -4.27. The van der Waals surface area contributed by atoms with Crippen LogP contribution in [0.25, 0.3) is 0 Å². The lowest BCUT2D eigenvalue weighted by Gasteiger charge is -2.17. The first kappa shape index (κ1) is 16.0. The van der Waals surface area contributed by atoms with Gasteiger partial charge < -0.3 is 10.0 Å². The smallest absolute Gasteiger partial charge is 0.396 e. The zero-order valence-corrected chi connectivity index (χ0v) is 11.1. The van der Waals surface area contributed by atoms with Crippen molar-refractivity contribution in [1.29, 1.82) is 0 Å². The molecule has 0 amide bonds. The fraction of sp³-hybridized carbons (Fsp3) is 0.571. The Labute approximate surface area is 111 Å². The molecular formula is C14H20F3NO. The summed E-state index contributed by atoms with van der Waals surface area (Å²) in [5.74, 6) is 0.